The van der Waals surface area contributed by atoms with E-state index in [9.17, 15) is 13.6 Å². The minimum atomic E-state index is -3.03. The fourth-order valence-electron chi connectivity index (χ4n) is 2.04. The number of carbonyl (C=O) groups excluding carboxylic acids is 1. The maximum absolute atomic E-state index is 13.4. The summed E-state index contributed by atoms with van der Waals surface area (Å²) in [5.74, 6) is -3.03. The molecule has 1 saturated heterocycles. The van der Waals surface area contributed by atoms with Gasteiger partial charge < -0.3 is 15.0 Å². The molecule has 0 spiro atoms. The second-order valence-electron chi connectivity index (χ2n) is 4.96. The Balaban J connectivity index is 2.04. The topological polar surface area (TPSA) is 54.5 Å². The molecular formula is C13H16BrF2N3O2. The number of pyridine rings is 1. The van der Waals surface area contributed by atoms with Gasteiger partial charge in [0.1, 0.15) is 12.6 Å². The van der Waals surface area contributed by atoms with Crippen molar-refractivity contribution in [1.29, 1.82) is 0 Å². The van der Waals surface area contributed by atoms with E-state index in [0.717, 1.165) is 10.0 Å². The molecule has 2 amide bonds. The maximum atomic E-state index is 13.4. The molecule has 2 heterocycles. The van der Waals surface area contributed by atoms with Crippen LogP contribution in [-0.4, -0.2) is 48.1 Å². The summed E-state index contributed by atoms with van der Waals surface area (Å²) in [7, 11) is 1.56. The summed E-state index contributed by atoms with van der Waals surface area (Å²) in [5, 5.41) is 2.32. The first-order chi connectivity index (χ1) is 9.83. The third-order valence-corrected chi connectivity index (χ3v) is 4.20. The van der Waals surface area contributed by atoms with Gasteiger partial charge in [-0.1, -0.05) is 0 Å². The summed E-state index contributed by atoms with van der Waals surface area (Å²) in [4.78, 5) is 17.4. The molecule has 0 bridgehead atoms. The maximum Gasteiger partial charge on any atom is 0.318 e. The average Bonchev–Trinajstić information content (AvgIpc) is 2.77. The lowest BCUT2D eigenvalue weighted by Gasteiger charge is -2.28. The number of hydrogen-bond acceptors (Lipinski definition) is 3. The van der Waals surface area contributed by atoms with Gasteiger partial charge in [0.15, 0.2) is 0 Å². The van der Waals surface area contributed by atoms with Crippen molar-refractivity contribution in [2.75, 3.05) is 20.3 Å². The van der Waals surface area contributed by atoms with Crippen LogP contribution in [0.5, 0.6) is 0 Å². The third-order valence-electron chi connectivity index (χ3n) is 3.54. The van der Waals surface area contributed by atoms with Gasteiger partial charge in [0.2, 0.25) is 0 Å². The number of ether oxygens (including phenoxy) is 1. The Bertz CT molecular complexity index is 530. The van der Waals surface area contributed by atoms with Crippen LogP contribution in [0.3, 0.4) is 0 Å². The van der Waals surface area contributed by atoms with Gasteiger partial charge in [-0.05, 0) is 34.5 Å². The van der Waals surface area contributed by atoms with Crippen LogP contribution >= 0.6 is 15.9 Å². The van der Waals surface area contributed by atoms with Crippen molar-refractivity contribution in [3.8, 4) is 0 Å². The lowest BCUT2D eigenvalue weighted by Crippen LogP contribution is -2.51. The quantitative estimate of drug-likeness (QED) is 0.897. The van der Waals surface area contributed by atoms with Crippen LogP contribution in [0.25, 0.3) is 0 Å². The first kappa shape index (κ1) is 16.1. The van der Waals surface area contributed by atoms with Crippen molar-refractivity contribution in [1.82, 2.24) is 15.2 Å². The Morgan fingerprint density at radius 3 is 2.95 bits per heavy atom. The number of nitrogens with one attached hydrogen (secondary N) is 1. The number of alkyl halides is 2. The zero-order valence-electron chi connectivity index (χ0n) is 11.6. The fourth-order valence-corrected chi connectivity index (χ4v) is 2.62. The molecule has 1 aromatic rings. The number of hydrogen-bond donors (Lipinski definition) is 1. The van der Waals surface area contributed by atoms with E-state index < -0.39 is 24.6 Å². The molecule has 2 atom stereocenters. The molecule has 21 heavy (non-hydrogen) atoms. The number of halogens is 3. The normalized spacial score (nSPS) is 21.9. The molecule has 0 saturated carbocycles. The molecule has 1 aliphatic heterocycles. The van der Waals surface area contributed by atoms with Crippen molar-refractivity contribution in [2.24, 2.45) is 0 Å². The SMILES string of the molecule is C[C@H](c1ccncc1Br)N(C)C(=O)N[C@H]1COCC1(F)F. The predicted molar refractivity (Wildman–Crippen MR) is 76.2 cm³/mol. The highest BCUT2D eigenvalue weighted by Crippen LogP contribution is 2.28. The molecule has 1 fully saturated rings. The van der Waals surface area contributed by atoms with Gasteiger partial charge >= 0.3 is 6.03 Å². The molecule has 2 rings (SSSR count). The Kier molecular flexibility index (Phi) is 4.77. The molecule has 1 aromatic heterocycles. The summed E-state index contributed by atoms with van der Waals surface area (Å²) in [6, 6.07) is -0.383. The molecule has 0 aromatic carbocycles. The van der Waals surface area contributed by atoms with Crippen LogP contribution < -0.4 is 5.32 Å². The van der Waals surface area contributed by atoms with Gasteiger partial charge in [0.25, 0.3) is 5.92 Å². The number of carbonyl (C=O) groups is 1. The minimum absolute atomic E-state index is 0.181. The Morgan fingerprint density at radius 1 is 1.67 bits per heavy atom. The number of nitrogens with zero attached hydrogens (tertiary/aromatic N) is 2. The van der Waals surface area contributed by atoms with Crippen LogP contribution in [-0.2, 0) is 4.74 Å². The lowest BCUT2D eigenvalue weighted by atomic mass is 10.1. The monoisotopic (exact) mass is 363 g/mol. The number of aromatic nitrogens is 1. The molecule has 116 valence electrons. The Labute approximate surface area is 129 Å². The minimum Gasteiger partial charge on any atom is -0.373 e. The van der Waals surface area contributed by atoms with Crippen molar-refractivity contribution >= 4 is 22.0 Å². The number of rotatable bonds is 3. The van der Waals surface area contributed by atoms with E-state index in [-0.39, 0.29) is 12.6 Å². The van der Waals surface area contributed by atoms with Crippen LogP contribution in [0.4, 0.5) is 13.6 Å². The molecule has 0 radical (unpaired) electrons. The molecule has 0 unspecified atom stereocenters. The van der Waals surface area contributed by atoms with E-state index in [1.807, 2.05) is 6.92 Å². The highest BCUT2D eigenvalue weighted by molar-refractivity contribution is 9.10. The summed E-state index contributed by atoms with van der Waals surface area (Å²) in [5.41, 5.74) is 0.845. The second kappa shape index (κ2) is 6.23. The zero-order chi connectivity index (χ0) is 15.6. The summed E-state index contributed by atoms with van der Waals surface area (Å²) >= 11 is 3.36. The molecule has 1 aliphatic rings. The smallest absolute Gasteiger partial charge is 0.318 e. The Morgan fingerprint density at radius 2 is 2.38 bits per heavy atom. The largest absolute Gasteiger partial charge is 0.373 e. The van der Waals surface area contributed by atoms with Crippen molar-refractivity contribution in [3.63, 3.8) is 0 Å². The standard InChI is InChI=1S/C13H16BrF2N3O2/c1-8(9-3-4-17-5-10(9)14)19(2)12(20)18-11-6-21-7-13(11,15)16/h3-5,8,11H,6-7H2,1-2H3,(H,18,20)/t8-,11+/m1/s1. The van der Waals surface area contributed by atoms with E-state index >= 15 is 0 Å². The van der Waals surface area contributed by atoms with E-state index in [4.69, 9.17) is 4.74 Å². The third kappa shape index (κ3) is 3.49. The van der Waals surface area contributed by atoms with Gasteiger partial charge in [0, 0.05) is 23.9 Å². The average molecular weight is 364 g/mol. The van der Waals surface area contributed by atoms with Crippen LogP contribution in [0.1, 0.15) is 18.5 Å². The summed E-state index contributed by atoms with van der Waals surface area (Å²) in [6.07, 6.45) is 3.23. The molecule has 1 N–H and O–H groups in total. The van der Waals surface area contributed by atoms with Gasteiger partial charge in [-0.2, -0.15) is 0 Å². The molecule has 8 heteroatoms. The van der Waals surface area contributed by atoms with Crippen LogP contribution in [0.2, 0.25) is 0 Å². The Hall–Kier alpha value is -1.28. The van der Waals surface area contributed by atoms with Crippen LogP contribution in [0.15, 0.2) is 22.9 Å². The molecular weight excluding hydrogens is 348 g/mol. The van der Waals surface area contributed by atoms with E-state index in [1.165, 1.54) is 4.90 Å². The zero-order valence-corrected chi connectivity index (χ0v) is 13.2. The van der Waals surface area contributed by atoms with Gasteiger partial charge in [-0.3, -0.25) is 4.98 Å². The number of amides is 2. The van der Waals surface area contributed by atoms with Gasteiger partial charge in [-0.15, -0.1) is 0 Å². The van der Waals surface area contributed by atoms with Crippen molar-refractivity contribution < 1.29 is 18.3 Å². The van der Waals surface area contributed by atoms with E-state index in [1.54, 1.807) is 25.5 Å². The van der Waals surface area contributed by atoms with E-state index in [2.05, 4.69) is 26.2 Å². The summed E-state index contributed by atoms with van der Waals surface area (Å²) in [6.45, 7) is 0.968. The second-order valence-corrected chi connectivity index (χ2v) is 5.82. The van der Waals surface area contributed by atoms with Crippen molar-refractivity contribution in [2.45, 2.75) is 24.9 Å². The van der Waals surface area contributed by atoms with E-state index in [0.29, 0.717) is 0 Å². The fraction of sp³-hybridized carbons (Fsp3) is 0.538. The predicted octanol–water partition coefficient (Wildman–Crippen LogP) is 2.58. The highest BCUT2D eigenvalue weighted by atomic mass is 79.9. The van der Waals surface area contributed by atoms with Crippen LogP contribution in [0, 0.1) is 0 Å². The highest BCUT2D eigenvalue weighted by Gasteiger charge is 2.46. The van der Waals surface area contributed by atoms with Crippen molar-refractivity contribution in [3.05, 3.63) is 28.5 Å². The first-order valence-electron chi connectivity index (χ1n) is 6.41. The van der Waals surface area contributed by atoms with Gasteiger partial charge in [0.05, 0.1) is 12.6 Å². The molecule has 0 aliphatic carbocycles. The number of urea groups is 1. The first-order valence-corrected chi connectivity index (χ1v) is 7.20. The van der Waals surface area contributed by atoms with Gasteiger partial charge in [-0.25, -0.2) is 13.6 Å². The summed E-state index contributed by atoms with van der Waals surface area (Å²) < 4.78 is 32.4. The molecule has 5 nitrogen and oxygen atoms in total. The lowest BCUT2D eigenvalue weighted by molar-refractivity contribution is -0.0223.